The molecule has 4 aromatic rings. The lowest BCUT2D eigenvalue weighted by Gasteiger charge is -2.02. The number of nitrogens with zero attached hydrogens (tertiary/aromatic N) is 2. The van der Waals surface area contributed by atoms with Gasteiger partial charge in [0.15, 0.2) is 5.82 Å². The maximum atomic E-state index is 13.3. The van der Waals surface area contributed by atoms with Gasteiger partial charge in [-0.3, -0.25) is 0 Å². The molecule has 1 heterocycles. The molecule has 142 valence electrons. The Kier molecular flexibility index (Phi) is 5.63. The van der Waals surface area contributed by atoms with Crippen LogP contribution in [0.1, 0.15) is 36.5 Å². The fourth-order valence-electron chi connectivity index (χ4n) is 3.16. The topological polar surface area (TPSA) is 25.8 Å². The van der Waals surface area contributed by atoms with Crippen molar-refractivity contribution >= 4 is 10.8 Å². The average molecular weight is 380 g/mol. The maximum absolute atomic E-state index is 13.3. The Morgan fingerprint density at radius 2 is 1.45 bits per heavy atom. The summed E-state index contributed by atoms with van der Waals surface area (Å²) in [6.45, 7) is 2.18. The highest BCUT2D eigenvalue weighted by atomic mass is 19.1. The van der Waals surface area contributed by atoms with Gasteiger partial charge in [0.05, 0.1) is 0 Å². The number of unbranched alkanes of at least 4 members (excludes halogenated alkanes) is 1. The molecule has 0 saturated heterocycles. The van der Waals surface area contributed by atoms with Gasteiger partial charge in [-0.05, 0) is 77.7 Å². The summed E-state index contributed by atoms with van der Waals surface area (Å²) in [5, 5.41) is 1.86. The Bertz CT molecular complexity index is 1180. The molecular weight excluding hydrogens is 359 g/mol. The third-order valence-corrected chi connectivity index (χ3v) is 4.82. The van der Waals surface area contributed by atoms with E-state index in [4.69, 9.17) is 0 Å². The molecule has 0 fully saturated rings. The molecule has 3 heteroatoms. The van der Waals surface area contributed by atoms with Gasteiger partial charge < -0.3 is 0 Å². The zero-order valence-electron chi connectivity index (χ0n) is 16.3. The standard InChI is InChI=1S/C26H21FN2/c1-2-3-4-21-17-28-26(29-18-21)22-10-7-19(8-11-22)5-6-20-9-12-24-16-25(27)14-13-23(24)15-20/h7-18H,2-4H2,1H3. The second-order valence-corrected chi connectivity index (χ2v) is 7.05. The molecule has 0 aliphatic rings. The van der Waals surface area contributed by atoms with E-state index in [1.54, 1.807) is 6.07 Å². The van der Waals surface area contributed by atoms with Crippen LogP contribution in [0, 0.1) is 17.7 Å². The molecular formula is C26H21FN2. The van der Waals surface area contributed by atoms with Crippen LogP contribution >= 0.6 is 0 Å². The molecule has 0 spiro atoms. The molecule has 29 heavy (non-hydrogen) atoms. The van der Waals surface area contributed by atoms with Crippen molar-refractivity contribution in [1.82, 2.24) is 9.97 Å². The number of halogens is 1. The zero-order chi connectivity index (χ0) is 20.1. The predicted molar refractivity (Wildman–Crippen MR) is 116 cm³/mol. The van der Waals surface area contributed by atoms with Crippen LogP contribution < -0.4 is 0 Å². The summed E-state index contributed by atoms with van der Waals surface area (Å²) in [4.78, 5) is 8.97. The van der Waals surface area contributed by atoms with Crippen LogP contribution in [0.15, 0.2) is 73.1 Å². The minimum absolute atomic E-state index is 0.226. The van der Waals surface area contributed by atoms with Crippen molar-refractivity contribution < 1.29 is 4.39 Å². The molecule has 3 aromatic carbocycles. The molecule has 0 saturated carbocycles. The Balaban J connectivity index is 1.49. The number of aryl methyl sites for hydroxylation is 1. The summed E-state index contributed by atoms with van der Waals surface area (Å²) in [6, 6.07) is 18.5. The normalized spacial score (nSPS) is 10.6. The van der Waals surface area contributed by atoms with Gasteiger partial charge in [0.1, 0.15) is 5.82 Å². The summed E-state index contributed by atoms with van der Waals surface area (Å²) in [6.07, 6.45) is 7.18. The van der Waals surface area contributed by atoms with Crippen molar-refractivity contribution in [2.24, 2.45) is 0 Å². The van der Waals surface area contributed by atoms with Gasteiger partial charge in [-0.25, -0.2) is 14.4 Å². The van der Waals surface area contributed by atoms with Crippen LogP contribution in [0.4, 0.5) is 4.39 Å². The van der Waals surface area contributed by atoms with Crippen LogP contribution in [-0.4, -0.2) is 9.97 Å². The van der Waals surface area contributed by atoms with Crippen molar-refractivity contribution in [1.29, 1.82) is 0 Å². The molecule has 0 atom stereocenters. The largest absolute Gasteiger partial charge is 0.236 e. The number of rotatable bonds is 4. The van der Waals surface area contributed by atoms with Gasteiger partial charge >= 0.3 is 0 Å². The van der Waals surface area contributed by atoms with E-state index in [0.29, 0.717) is 0 Å². The highest BCUT2D eigenvalue weighted by Crippen LogP contribution is 2.18. The SMILES string of the molecule is CCCCc1cnc(-c2ccc(C#Cc3ccc4cc(F)ccc4c3)cc2)nc1. The first-order valence-electron chi connectivity index (χ1n) is 9.84. The molecule has 0 radical (unpaired) electrons. The maximum Gasteiger partial charge on any atom is 0.159 e. The van der Waals surface area contributed by atoms with E-state index in [1.807, 2.05) is 54.9 Å². The highest BCUT2D eigenvalue weighted by molar-refractivity contribution is 5.84. The van der Waals surface area contributed by atoms with E-state index in [-0.39, 0.29) is 5.82 Å². The molecule has 4 rings (SSSR count). The van der Waals surface area contributed by atoms with Crippen molar-refractivity contribution in [3.05, 3.63) is 95.6 Å². The van der Waals surface area contributed by atoms with Crippen LogP contribution in [0.25, 0.3) is 22.2 Å². The molecule has 0 amide bonds. The fraction of sp³-hybridized carbons (Fsp3) is 0.154. The first-order valence-corrected chi connectivity index (χ1v) is 9.84. The Hall–Kier alpha value is -3.51. The molecule has 2 nitrogen and oxygen atoms in total. The molecule has 1 aromatic heterocycles. The van der Waals surface area contributed by atoms with Crippen LogP contribution in [0.5, 0.6) is 0 Å². The number of aromatic nitrogens is 2. The van der Waals surface area contributed by atoms with E-state index < -0.39 is 0 Å². The van der Waals surface area contributed by atoms with Crippen molar-refractivity contribution in [2.45, 2.75) is 26.2 Å². The smallest absolute Gasteiger partial charge is 0.159 e. The lowest BCUT2D eigenvalue weighted by atomic mass is 10.1. The van der Waals surface area contributed by atoms with Crippen LogP contribution in [0.3, 0.4) is 0 Å². The minimum Gasteiger partial charge on any atom is -0.236 e. The first kappa shape index (κ1) is 18.8. The van der Waals surface area contributed by atoms with E-state index >= 15 is 0 Å². The molecule has 0 N–H and O–H groups in total. The van der Waals surface area contributed by atoms with Gasteiger partial charge in [-0.2, -0.15) is 0 Å². The van der Waals surface area contributed by atoms with Crippen molar-refractivity contribution in [3.8, 4) is 23.2 Å². The molecule has 0 unspecified atom stereocenters. The predicted octanol–water partition coefficient (Wildman–Crippen LogP) is 6.18. The molecule has 0 bridgehead atoms. The minimum atomic E-state index is -0.226. The van der Waals surface area contributed by atoms with E-state index in [0.717, 1.165) is 46.1 Å². The van der Waals surface area contributed by atoms with Gasteiger partial charge in [-0.15, -0.1) is 0 Å². The summed E-state index contributed by atoms with van der Waals surface area (Å²) in [5.74, 6) is 6.86. The second-order valence-electron chi connectivity index (χ2n) is 7.05. The van der Waals surface area contributed by atoms with Gasteiger partial charge in [-0.1, -0.05) is 37.3 Å². The Morgan fingerprint density at radius 3 is 2.21 bits per heavy atom. The Labute approximate surface area is 170 Å². The van der Waals surface area contributed by atoms with E-state index in [2.05, 4.69) is 28.7 Å². The van der Waals surface area contributed by atoms with Crippen LogP contribution in [0.2, 0.25) is 0 Å². The summed E-state index contributed by atoms with van der Waals surface area (Å²) in [7, 11) is 0. The quantitative estimate of drug-likeness (QED) is 0.395. The van der Waals surface area contributed by atoms with Gasteiger partial charge in [0, 0.05) is 29.1 Å². The van der Waals surface area contributed by atoms with Crippen molar-refractivity contribution in [3.63, 3.8) is 0 Å². The van der Waals surface area contributed by atoms with E-state index in [1.165, 1.54) is 24.1 Å². The average Bonchev–Trinajstić information content (AvgIpc) is 2.77. The highest BCUT2D eigenvalue weighted by Gasteiger charge is 2.02. The van der Waals surface area contributed by atoms with Crippen LogP contribution in [-0.2, 0) is 6.42 Å². The fourth-order valence-corrected chi connectivity index (χ4v) is 3.16. The number of fused-ring (bicyclic) bond motifs is 1. The third-order valence-electron chi connectivity index (χ3n) is 4.82. The van der Waals surface area contributed by atoms with Gasteiger partial charge in [0.25, 0.3) is 0 Å². The summed E-state index contributed by atoms with van der Waals surface area (Å²) in [5.41, 5.74) is 3.98. The number of hydrogen-bond acceptors (Lipinski definition) is 2. The summed E-state index contributed by atoms with van der Waals surface area (Å²) >= 11 is 0. The zero-order valence-corrected chi connectivity index (χ0v) is 16.3. The lowest BCUT2D eigenvalue weighted by Crippen LogP contribution is -1.93. The second kappa shape index (κ2) is 8.67. The molecule has 0 aliphatic heterocycles. The first-order chi connectivity index (χ1) is 14.2. The summed E-state index contributed by atoms with van der Waals surface area (Å²) < 4.78 is 13.3. The number of hydrogen-bond donors (Lipinski definition) is 0. The third kappa shape index (κ3) is 4.67. The molecule has 0 aliphatic carbocycles. The Morgan fingerprint density at radius 1 is 0.793 bits per heavy atom. The monoisotopic (exact) mass is 380 g/mol. The van der Waals surface area contributed by atoms with E-state index in [9.17, 15) is 4.39 Å². The van der Waals surface area contributed by atoms with Crippen molar-refractivity contribution in [2.75, 3.05) is 0 Å². The lowest BCUT2D eigenvalue weighted by molar-refractivity contribution is 0.630. The van der Waals surface area contributed by atoms with Gasteiger partial charge in [0.2, 0.25) is 0 Å². The number of benzene rings is 3.